The summed E-state index contributed by atoms with van der Waals surface area (Å²) in [7, 11) is 0. The van der Waals surface area contributed by atoms with E-state index in [-0.39, 0.29) is 5.91 Å². The van der Waals surface area contributed by atoms with E-state index in [0.717, 1.165) is 42.6 Å². The molecule has 1 heterocycles. The minimum atomic E-state index is 0.111. The smallest absolute Gasteiger partial charge is 0.220 e. The third kappa shape index (κ3) is 6.18. The summed E-state index contributed by atoms with van der Waals surface area (Å²) in [5, 5.41) is 8.01. The van der Waals surface area contributed by atoms with Crippen molar-refractivity contribution in [2.45, 2.75) is 26.7 Å². The molecule has 0 aliphatic heterocycles. The standard InChI is InChI=1S/C19H27ClN4O/c1-3-24(4-2)13-5-6-19(25)23-12-11-22-17-9-10-21-18-14-15(20)7-8-16(17)18/h7-10,14H,3-6,11-13H2,1-2H3,(H,21,22)(H,23,25). The molecule has 0 atom stereocenters. The molecule has 5 nitrogen and oxygen atoms in total. The van der Waals surface area contributed by atoms with Crippen LogP contribution in [-0.4, -0.2) is 48.5 Å². The number of amides is 1. The fourth-order valence-electron chi connectivity index (χ4n) is 2.77. The maximum atomic E-state index is 11.9. The number of carbonyl (C=O) groups excluding carboxylic acids is 1. The molecule has 0 saturated heterocycles. The Labute approximate surface area is 154 Å². The number of nitrogens with one attached hydrogen (secondary N) is 2. The van der Waals surface area contributed by atoms with Gasteiger partial charge in [0.25, 0.3) is 0 Å². The molecule has 0 aliphatic rings. The molecule has 25 heavy (non-hydrogen) atoms. The third-order valence-corrected chi connectivity index (χ3v) is 4.48. The van der Waals surface area contributed by atoms with Crippen molar-refractivity contribution in [3.8, 4) is 0 Å². The average molecular weight is 363 g/mol. The van der Waals surface area contributed by atoms with E-state index in [1.54, 1.807) is 6.20 Å². The highest BCUT2D eigenvalue weighted by Crippen LogP contribution is 2.23. The second-order valence-electron chi connectivity index (χ2n) is 5.93. The molecule has 0 unspecified atom stereocenters. The van der Waals surface area contributed by atoms with Crippen molar-refractivity contribution in [2.75, 3.05) is 38.0 Å². The molecular weight excluding hydrogens is 336 g/mol. The Kier molecular flexibility index (Phi) is 7.95. The number of anilines is 1. The van der Waals surface area contributed by atoms with E-state index < -0.39 is 0 Å². The zero-order valence-electron chi connectivity index (χ0n) is 15.0. The second-order valence-corrected chi connectivity index (χ2v) is 6.36. The van der Waals surface area contributed by atoms with Crippen molar-refractivity contribution >= 4 is 34.1 Å². The highest BCUT2D eigenvalue weighted by atomic mass is 35.5. The molecule has 2 N–H and O–H groups in total. The molecule has 0 spiro atoms. The summed E-state index contributed by atoms with van der Waals surface area (Å²) in [6.45, 7) is 8.60. The number of nitrogens with zero attached hydrogens (tertiary/aromatic N) is 2. The Balaban J connectivity index is 1.72. The zero-order chi connectivity index (χ0) is 18.1. The maximum absolute atomic E-state index is 11.9. The lowest BCUT2D eigenvalue weighted by Gasteiger charge is -2.17. The molecule has 2 aromatic rings. The van der Waals surface area contributed by atoms with Gasteiger partial charge in [-0.15, -0.1) is 0 Å². The number of fused-ring (bicyclic) bond motifs is 1. The van der Waals surface area contributed by atoms with Crippen LogP contribution in [0.5, 0.6) is 0 Å². The van der Waals surface area contributed by atoms with Crippen molar-refractivity contribution < 1.29 is 4.79 Å². The van der Waals surface area contributed by atoms with Gasteiger partial charge in [0, 0.05) is 41.8 Å². The molecule has 0 bridgehead atoms. The highest BCUT2D eigenvalue weighted by Gasteiger charge is 2.05. The molecule has 2 rings (SSSR count). The first-order valence-electron chi connectivity index (χ1n) is 8.91. The van der Waals surface area contributed by atoms with E-state index in [0.29, 0.717) is 24.5 Å². The van der Waals surface area contributed by atoms with E-state index in [1.807, 2.05) is 24.3 Å². The summed E-state index contributed by atoms with van der Waals surface area (Å²) in [5.74, 6) is 0.111. The molecule has 1 amide bonds. The molecule has 0 fully saturated rings. The van der Waals surface area contributed by atoms with Crippen molar-refractivity contribution in [3.05, 3.63) is 35.5 Å². The van der Waals surface area contributed by atoms with Crippen molar-refractivity contribution in [1.82, 2.24) is 15.2 Å². The van der Waals surface area contributed by atoms with Crippen LogP contribution in [0.15, 0.2) is 30.5 Å². The first-order valence-corrected chi connectivity index (χ1v) is 9.29. The highest BCUT2D eigenvalue weighted by molar-refractivity contribution is 6.31. The van der Waals surface area contributed by atoms with Gasteiger partial charge in [0.05, 0.1) is 5.52 Å². The Morgan fingerprint density at radius 2 is 2.00 bits per heavy atom. The fraction of sp³-hybridized carbons (Fsp3) is 0.474. The van der Waals surface area contributed by atoms with E-state index in [9.17, 15) is 4.79 Å². The van der Waals surface area contributed by atoms with Gasteiger partial charge in [0.2, 0.25) is 5.91 Å². The zero-order valence-corrected chi connectivity index (χ0v) is 15.8. The summed E-state index contributed by atoms with van der Waals surface area (Å²) in [5.41, 5.74) is 1.86. The van der Waals surface area contributed by atoms with Gasteiger partial charge < -0.3 is 15.5 Å². The molecule has 1 aromatic heterocycles. The molecule has 1 aromatic carbocycles. The summed E-state index contributed by atoms with van der Waals surface area (Å²) >= 11 is 6.00. The van der Waals surface area contributed by atoms with Crippen LogP contribution in [0, 0.1) is 0 Å². The molecule has 0 saturated carbocycles. The van der Waals surface area contributed by atoms with Gasteiger partial charge in [0.15, 0.2) is 0 Å². The quantitative estimate of drug-likeness (QED) is 0.635. The largest absolute Gasteiger partial charge is 0.383 e. The van der Waals surface area contributed by atoms with Crippen LogP contribution >= 0.6 is 11.6 Å². The van der Waals surface area contributed by atoms with Crippen LogP contribution in [0.25, 0.3) is 10.9 Å². The number of benzene rings is 1. The van der Waals surface area contributed by atoms with Gasteiger partial charge >= 0.3 is 0 Å². The van der Waals surface area contributed by atoms with Gasteiger partial charge in [0.1, 0.15) is 0 Å². The second kappa shape index (κ2) is 10.2. The fourth-order valence-corrected chi connectivity index (χ4v) is 2.93. The molecule has 0 radical (unpaired) electrons. The number of pyridine rings is 1. The first kappa shape index (κ1) is 19.5. The first-order chi connectivity index (χ1) is 12.1. The lowest BCUT2D eigenvalue weighted by molar-refractivity contribution is -0.121. The van der Waals surface area contributed by atoms with Crippen LogP contribution in [0.4, 0.5) is 5.69 Å². The Morgan fingerprint density at radius 1 is 1.20 bits per heavy atom. The van der Waals surface area contributed by atoms with E-state index in [2.05, 4.69) is 34.4 Å². The Bertz CT molecular complexity index is 688. The van der Waals surface area contributed by atoms with Crippen molar-refractivity contribution in [3.63, 3.8) is 0 Å². The molecule has 6 heteroatoms. The van der Waals surface area contributed by atoms with Gasteiger partial charge in [-0.1, -0.05) is 25.4 Å². The predicted octanol–water partition coefficient (Wildman–Crippen LogP) is 3.54. The monoisotopic (exact) mass is 362 g/mol. The van der Waals surface area contributed by atoms with Crippen LogP contribution in [0.3, 0.4) is 0 Å². The van der Waals surface area contributed by atoms with Crippen LogP contribution in [-0.2, 0) is 4.79 Å². The summed E-state index contributed by atoms with van der Waals surface area (Å²) in [6, 6.07) is 7.59. The van der Waals surface area contributed by atoms with Gasteiger partial charge in [-0.2, -0.15) is 0 Å². The van der Waals surface area contributed by atoms with E-state index >= 15 is 0 Å². The van der Waals surface area contributed by atoms with Gasteiger partial charge in [-0.3, -0.25) is 9.78 Å². The summed E-state index contributed by atoms with van der Waals surface area (Å²) < 4.78 is 0. The number of rotatable bonds is 10. The topological polar surface area (TPSA) is 57.3 Å². The predicted molar refractivity (Wildman–Crippen MR) is 105 cm³/mol. The number of halogens is 1. The van der Waals surface area contributed by atoms with Gasteiger partial charge in [-0.25, -0.2) is 0 Å². The van der Waals surface area contributed by atoms with Crippen molar-refractivity contribution in [1.29, 1.82) is 0 Å². The van der Waals surface area contributed by atoms with Crippen molar-refractivity contribution in [2.24, 2.45) is 0 Å². The van der Waals surface area contributed by atoms with Gasteiger partial charge in [-0.05, 0) is 50.3 Å². The minimum Gasteiger partial charge on any atom is -0.383 e. The minimum absolute atomic E-state index is 0.111. The lowest BCUT2D eigenvalue weighted by atomic mass is 10.2. The van der Waals surface area contributed by atoms with Crippen LogP contribution < -0.4 is 10.6 Å². The normalized spacial score (nSPS) is 11.0. The van der Waals surface area contributed by atoms with E-state index in [4.69, 9.17) is 11.6 Å². The summed E-state index contributed by atoms with van der Waals surface area (Å²) in [4.78, 5) is 18.5. The maximum Gasteiger partial charge on any atom is 0.220 e. The molecule has 0 aliphatic carbocycles. The number of hydrogen-bond donors (Lipinski definition) is 2. The lowest BCUT2D eigenvalue weighted by Crippen LogP contribution is -2.30. The van der Waals surface area contributed by atoms with Crippen LogP contribution in [0.2, 0.25) is 5.02 Å². The Hall–Kier alpha value is -1.85. The third-order valence-electron chi connectivity index (χ3n) is 4.24. The number of hydrogen-bond acceptors (Lipinski definition) is 4. The van der Waals surface area contributed by atoms with Crippen LogP contribution in [0.1, 0.15) is 26.7 Å². The molecular formula is C19H27ClN4O. The SMILES string of the molecule is CCN(CC)CCCC(=O)NCCNc1ccnc2cc(Cl)ccc12. The number of aromatic nitrogens is 1. The number of carbonyl (C=O) groups is 1. The summed E-state index contributed by atoms with van der Waals surface area (Å²) in [6.07, 6.45) is 3.23. The average Bonchev–Trinajstić information content (AvgIpc) is 2.62. The molecule has 136 valence electrons. The Morgan fingerprint density at radius 3 is 2.76 bits per heavy atom. The van der Waals surface area contributed by atoms with E-state index in [1.165, 1.54) is 0 Å².